The van der Waals surface area contributed by atoms with Gasteiger partial charge in [-0.2, -0.15) is 0 Å². The van der Waals surface area contributed by atoms with Crippen LogP contribution in [0.2, 0.25) is 0 Å². The molecule has 0 radical (unpaired) electrons. The maximum Gasteiger partial charge on any atom is 0.337 e. The summed E-state index contributed by atoms with van der Waals surface area (Å²) in [5, 5.41) is 20.8. The predicted octanol–water partition coefficient (Wildman–Crippen LogP) is 1.70. The summed E-state index contributed by atoms with van der Waals surface area (Å²) in [6, 6.07) is 3.77. The Bertz CT molecular complexity index is 472. The number of anilines is 1. The SMILES string of the molecule is COCC(C)CC(=O)Nc1ccc(O)cc1C(=O)O. The number of carbonyl (C=O) groups is 2. The monoisotopic (exact) mass is 267 g/mol. The first-order chi connectivity index (χ1) is 8.93. The van der Waals surface area contributed by atoms with E-state index in [4.69, 9.17) is 9.84 Å². The minimum absolute atomic E-state index is 0.0374. The van der Waals surface area contributed by atoms with Gasteiger partial charge in [0.2, 0.25) is 5.91 Å². The van der Waals surface area contributed by atoms with Crippen molar-refractivity contribution < 1.29 is 24.5 Å². The molecule has 19 heavy (non-hydrogen) atoms. The van der Waals surface area contributed by atoms with E-state index in [9.17, 15) is 14.7 Å². The number of ether oxygens (including phenoxy) is 1. The number of phenolic OH excluding ortho intramolecular Hbond substituents is 1. The Morgan fingerprint density at radius 2 is 2.11 bits per heavy atom. The third kappa shape index (κ3) is 4.59. The van der Waals surface area contributed by atoms with Crippen LogP contribution in [-0.4, -0.2) is 35.8 Å². The predicted molar refractivity (Wildman–Crippen MR) is 69.4 cm³/mol. The van der Waals surface area contributed by atoms with Crippen LogP contribution in [0, 0.1) is 5.92 Å². The molecule has 6 heteroatoms. The summed E-state index contributed by atoms with van der Waals surface area (Å²) in [5.74, 6) is -1.63. The number of carboxylic acid groups (broad SMARTS) is 1. The van der Waals surface area contributed by atoms with Crippen LogP contribution in [0.15, 0.2) is 18.2 Å². The van der Waals surface area contributed by atoms with Crippen LogP contribution in [-0.2, 0) is 9.53 Å². The molecule has 1 aromatic carbocycles. The van der Waals surface area contributed by atoms with Crippen molar-refractivity contribution in [3.8, 4) is 5.75 Å². The van der Waals surface area contributed by atoms with Crippen LogP contribution < -0.4 is 5.32 Å². The van der Waals surface area contributed by atoms with E-state index < -0.39 is 5.97 Å². The summed E-state index contributed by atoms with van der Waals surface area (Å²) in [5.41, 5.74) is 0.0210. The summed E-state index contributed by atoms with van der Waals surface area (Å²) in [4.78, 5) is 22.7. The molecule has 3 N–H and O–H groups in total. The highest BCUT2D eigenvalue weighted by Crippen LogP contribution is 2.21. The van der Waals surface area contributed by atoms with Gasteiger partial charge in [-0.15, -0.1) is 0 Å². The molecule has 1 rings (SSSR count). The van der Waals surface area contributed by atoms with Crippen molar-refractivity contribution in [3.63, 3.8) is 0 Å². The van der Waals surface area contributed by atoms with Crippen molar-refractivity contribution >= 4 is 17.6 Å². The summed E-state index contributed by atoms with van der Waals surface area (Å²) in [6.45, 7) is 2.31. The number of carbonyl (C=O) groups excluding carboxylic acids is 1. The second kappa shape index (κ2) is 6.75. The highest BCUT2D eigenvalue weighted by molar-refractivity contribution is 6.00. The Morgan fingerprint density at radius 1 is 1.42 bits per heavy atom. The van der Waals surface area contributed by atoms with E-state index in [0.29, 0.717) is 6.61 Å². The van der Waals surface area contributed by atoms with Crippen molar-refractivity contribution in [3.05, 3.63) is 23.8 Å². The number of benzene rings is 1. The molecule has 0 aliphatic rings. The van der Waals surface area contributed by atoms with Gasteiger partial charge < -0.3 is 20.3 Å². The normalized spacial score (nSPS) is 11.9. The van der Waals surface area contributed by atoms with Gasteiger partial charge in [-0.25, -0.2) is 4.79 Å². The molecular formula is C13H17NO5. The van der Waals surface area contributed by atoms with E-state index in [1.165, 1.54) is 12.1 Å². The van der Waals surface area contributed by atoms with E-state index in [1.807, 2.05) is 6.92 Å². The zero-order valence-electron chi connectivity index (χ0n) is 10.8. The Balaban J connectivity index is 2.76. The van der Waals surface area contributed by atoms with Crippen LogP contribution in [0.4, 0.5) is 5.69 Å². The zero-order chi connectivity index (χ0) is 14.4. The first-order valence-electron chi connectivity index (χ1n) is 5.79. The molecule has 0 bridgehead atoms. The second-order valence-corrected chi connectivity index (χ2v) is 4.35. The number of carboxylic acids is 1. The van der Waals surface area contributed by atoms with Gasteiger partial charge in [0.25, 0.3) is 0 Å². The standard InChI is InChI=1S/C13H17NO5/c1-8(7-19-2)5-12(16)14-11-4-3-9(15)6-10(11)13(17)18/h3-4,6,8,15H,5,7H2,1-2H3,(H,14,16)(H,17,18). The van der Waals surface area contributed by atoms with Gasteiger partial charge in [-0.3, -0.25) is 4.79 Å². The van der Waals surface area contributed by atoms with Gasteiger partial charge in [-0.05, 0) is 24.1 Å². The fourth-order valence-corrected chi connectivity index (χ4v) is 1.68. The number of amides is 1. The van der Waals surface area contributed by atoms with Gasteiger partial charge in [0.15, 0.2) is 0 Å². The Kier molecular flexibility index (Phi) is 5.32. The number of aromatic carboxylic acids is 1. The van der Waals surface area contributed by atoms with E-state index in [0.717, 1.165) is 6.07 Å². The minimum atomic E-state index is -1.21. The second-order valence-electron chi connectivity index (χ2n) is 4.35. The van der Waals surface area contributed by atoms with Gasteiger partial charge in [0.1, 0.15) is 5.75 Å². The molecule has 6 nitrogen and oxygen atoms in total. The summed E-state index contributed by atoms with van der Waals surface area (Å²) >= 11 is 0. The number of hydrogen-bond donors (Lipinski definition) is 3. The summed E-state index contributed by atoms with van der Waals surface area (Å²) in [7, 11) is 1.55. The van der Waals surface area contributed by atoms with Gasteiger partial charge in [0, 0.05) is 20.1 Å². The Labute approximate surface area is 111 Å². The van der Waals surface area contributed by atoms with Gasteiger partial charge in [-0.1, -0.05) is 6.92 Å². The molecule has 0 aliphatic carbocycles. The van der Waals surface area contributed by atoms with Crippen LogP contribution in [0.5, 0.6) is 5.75 Å². The van der Waals surface area contributed by atoms with Crippen LogP contribution in [0.3, 0.4) is 0 Å². The largest absolute Gasteiger partial charge is 0.508 e. The van der Waals surface area contributed by atoms with Crippen molar-refractivity contribution in [2.75, 3.05) is 19.0 Å². The van der Waals surface area contributed by atoms with Crippen molar-refractivity contribution in [2.45, 2.75) is 13.3 Å². The van der Waals surface area contributed by atoms with E-state index in [1.54, 1.807) is 7.11 Å². The maximum absolute atomic E-state index is 11.7. The highest BCUT2D eigenvalue weighted by atomic mass is 16.5. The van der Waals surface area contributed by atoms with Crippen LogP contribution >= 0.6 is 0 Å². The number of methoxy groups -OCH3 is 1. The molecule has 0 aromatic heterocycles. The van der Waals surface area contributed by atoms with Crippen LogP contribution in [0.1, 0.15) is 23.7 Å². The molecular weight excluding hydrogens is 250 g/mol. The fourth-order valence-electron chi connectivity index (χ4n) is 1.68. The molecule has 0 saturated heterocycles. The van der Waals surface area contributed by atoms with E-state index in [2.05, 4.69) is 5.32 Å². The third-order valence-electron chi connectivity index (χ3n) is 2.49. The number of nitrogens with one attached hydrogen (secondary N) is 1. The molecule has 0 fully saturated rings. The number of hydrogen-bond acceptors (Lipinski definition) is 4. The van der Waals surface area contributed by atoms with Crippen molar-refractivity contribution in [2.24, 2.45) is 5.92 Å². The van der Waals surface area contributed by atoms with E-state index in [-0.39, 0.29) is 35.2 Å². The number of aromatic hydroxyl groups is 1. The lowest BCUT2D eigenvalue weighted by Gasteiger charge is -2.12. The molecule has 0 heterocycles. The number of rotatable bonds is 6. The molecule has 1 atom stereocenters. The summed E-state index contributed by atoms with van der Waals surface area (Å²) < 4.78 is 4.93. The quantitative estimate of drug-likeness (QED) is 0.682. The molecule has 1 unspecified atom stereocenters. The highest BCUT2D eigenvalue weighted by Gasteiger charge is 2.15. The van der Waals surface area contributed by atoms with Crippen molar-refractivity contribution in [1.82, 2.24) is 0 Å². The average Bonchev–Trinajstić information content (AvgIpc) is 2.31. The van der Waals surface area contributed by atoms with Gasteiger partial charge in [0.05, 0.1) is 11.3 Å². The van der Waals surface area contributed by atoms with Crippen LogP contribution in [0.25, 0.3) is 0 Å². The third-order valence-corrected chi connectivity index (χ3v) is 2.49. The zero-order valence-corrected chi connectivity index (χ0v) is 10.8. The lowest BCUT2D eigenvalue weighted by molar-refractivity contribution is -0.117. The topological polar surface area (TPSA) is 95.9 Å². The Morgan fingerprint density at radius 3 is 2.68 bits per heavy atom. The molecule has 104 valence electrons. The Hall–Kier alpha value is -2.08. The molecule has 1 aromatic rings. The fraction of sp³-hybridized carbons (Fsp3) is 0.385. The molecule has 0 aliphatic heterocycles. The van der Waals surface area contributed by atoms with Crippen molar-refractivity contribution in [1.29, 1.82) is 0 Å². The molecule has 0 spiro atoms. The first kappa shape index (κ1) is 15.0. The van der Waals surface area contributed by atoms with E-state index >= 15 is 0 Å². The lowest BCUT2D eigenvalue weighted by atomic mass is 10.1. The first-order valence-corrected chi connectivity index (χ1v) is 5.79. The molecule has 1 amide bonds. The average molecular weight is 267 g/mol. The number of phenols is 1. The van der Waals surface area contributed by atoms with Gasteiger partial charge >= 0.3 is 5.97 Å². The smallest absolute Gasteiger partial charge is 0.337 e. The summed E-state index contributed by atoms with van der Waals surface area (Å²) in [6.07, 6.45) is 0.230. The minimum Gasteiger partial charge on any atom is -0.508 e. The maximum atomic E-state index is 11.7. The molecule has 0 saturated carbocycles. The lowest BCUT2D eigenvalue weighted by Crippen LogP contribution is -2.19.